The summed E-state index contributed by atoms with van der Waals surface area (Å²) >= 11 is 8.77. The first-order valence-corrected chi connectivity index (χ1v) is 11.5. The third-order valence-corrected chi connectivity index (χ3v) is 5.19. The lowest BCUT2D eigenvalue weighted by atomic mass is 10.1. The van der Waals surface area contributed by atoms with E-state index in [0.717, 1.165) is 27.9 Å². The van der Waals surface area contributed by atoms with Gasteiger partial charge >= 0.3 is 0 Å². The molecule has 0 aliphatic carbocycles. The smallest absolute Gasteiger partial charge is 0.191 e. The Bertz CT molecular complexity index is 1070. The SMILES string of the molecule is CCc1cc(C)cc(OCCOc2ccc(Br)cc2C=NNC(=S)Nc2ccccc2)c1. The average molecular weight is 512 g/mol. The minimum Gasteiger partial charge on any atom is -0.490 e. The van der Waals surface area contributed by atoms with Crippen molar-refractivity contribution in [1.82, 2.24) is 5.43 Å². The normalized spacial score (nSPS) is 10.7. The maximum Gasteiger partial charge on any atom is 0.191 e. The molecule has 3 aromatic carbocycles. The van der Waals surface area contributed by atoms with Crippen molar-refractivity contribution in [3.63, 3.8) is 0 Å². The van der Waals surface area contributed by atoms with Crippen LogP contribution in [0.25, 0.3) is 0 Å². The van der Waals surface area contributed by atoms with Crippen LogP contribution >= 0.6 is 28.1 Å². The molecule has 0 saturated carbocycles. The number of nitrogens with zero attached hydrogens (tertiary/aromatic N) is 1. The predicted molar refractivity (Wildman–Crippen MR) is 139 cm³/mol. The predicted octanol–water partition coefficient (Wildman–Crippen LogP) is 6.10. The fourth-order valence-electron chi connectivity index (χ4n) is 3.02. The molecular weight excluding hydrogens is 486 g/mol. The number of ether oxygens (including phenoxy) is 2. The van der Waals surface area contributed by atoms with E-state index in [1.165, 1.54) is 11.1 Å². The van der Waals surface area contributed by atoms with Crippen molar-refractivity contribution in [1.29, 1.82) is 0 Å². The van der Waals surface area contributed by atoms with Crippen LogP contribution in [-0.4, -0.2) is 24.5 Å². The van der Waals surface area contributed by atoms with Crippen LogP contribution < -0.4 is 20.2 Å². The molecule has 2 N–H and O–H groups in total. The molecule has 0 saturated heterocycles. The number of thiocarbonyl (C=S) groups is 1. The van der Waals surface area contributed by atoms with Gasteiger partial charge in [-0.15, -0.1) is 0 Å². The Labute approximate surface area is 203 Å². The van der Waals surface area contributed by atoms with Crippen molar-refractivity contribution in [2.75, 3.05) is 18.5 Å². The highest BCUT2D eigenvalue weighted by atomic mass is 79.9. The second kappa shape index (κ2) is 12.2. The van der Waals surface area contributed by atoms with Crippen molar-refractivity contribution in [3.8, 4) is 11.5 Å². The van der Waals surface area contributed by atoms with E-state index >= 15 is 0 Å². The van der Waals surface area contributed by atoms with Crippen molar-refractivity contribution < 1.29 is 9.47 Å². The van der Waals surface area contributed by atoms with E-state index in [4.69, 9.17) is 21.7 Å². The van der Waals surface area contributed by atoms with E-state index in [0.29, 0.717) is 24.1 Å². The van der Waals surface area contributed by atoms with Crippen LogP contribution in [0.2, 0.25) is 0 Å². The standard InChI is InChI=1S/C25H26BrN3O2S/c1-3-19-13-18(2)14-23(15-19)30-11-12-31-24-10-9-21(26)16-20(24)17-27-29-25(32)28-22-7-5-4-6-8-22/h4-10,13-17H,3,11-12H2,1-2H3,(H2,28,29,32). The highest BCUT2D eigenvalue weighted by Crippen LogP contribution is 2.22. The lowest BCUT2D eigenvalue weighted by molar-refractivity contribution is 0.217. The minimum absolute atomic E-state index is 0.405. The van der Waals surface area contributed by atoms with Crippen LogP contribution in [0.1, 0.15) is 23.6 Å². The third kappa shape index (κ3) is 7.66. The zero-order chi connectivity index (χ0) is 22.8. The lowest BCUT2D eigenvalue weighted by Crippen LogP contribution is -2.23. The maximum absolute atomic E-state index is 5.94. The number of hydrogen-bond acceptors (Lipinski definition) is 4. The molecule has 0 bridgehead atoms. The summed E-state index contributed by atoms with van der Waals surface area (Å²) in [6.07, 6.45) is 2.66. The van der Waals surface area contributed by atoms with Crippen molar-refractivity contribution in [2.24, 2.45) is 5.10 Å². The molecule has 7 heteroatoms. The zero-order valence-corrected chi connectivity index (χ0v) is 20.5. The molecule has 0 aliphatic rings. The Morgan fingerprint density at radius 3 is 2.59 bits per heavy atom. The number of para-hydroxylation sites is 1. The fourth-order valence-corrected chi connectivity index (χ4v) is 3.57. The fraction of sp³-hybridized carbons (Fsp3) is 0.200. The summed E-state index contributed by atoms with van der Waals surface area (Å²) in [6.45, 7) is 5.07. The maximum atomic E-state index is 5.94. The molecule has 166 valence electrons. The Morgan fingerprint density at radius 2 is 1.81 bits per heavy atom. The van der Waals surface area contributed by atoms with E-state index in [1.807, 2.05) is 54.6 Å². The highest BCUT2D eigenvalue weighted by molar-refractivity contribution is 9.10. The second-order valence-electron chi connectivity index (χ2n) is 7.08. The van der Waals surface area contributed by atoms with Gasteiger partial charge in [0.25, 0.3) is 0 Å². The molecule has 0 radical (unpaired) electrons. The topological polar surface area (TPSA) is 54.9 Å². The quantitative estimate of drug-likeness (QED) is 0.157. The minimum atomic E-state index is 0.405. The van der Waals surface area contributed by atoms with Gasteiger partial charge in [-0.2, -0.15) is 5.10 Å². The summed E-state index contributed by atoms with van der Waals surface area (Å²) < 4.78 is 12.7. The van der Waals surface area contributed by atoms with Crippen LogP contribution in [-0.2, 0) is 6.42 Å². The van der Waals surface area contributed by atoms with Gasteiger partial charge in [-0.05, 0) is 79.2 Å². The van der Waals surface area contributed by atoms with E-state index in [1.54, 1.807) is 6.21 Å². The van der Waals surface area contributed by atoms with E-state index in [-0.39, 0.29) is 0 Å². The van der Waals surface area contributed by atoms with Gasteiger partial charge in [0.1, 0.15) is 24.7 Å². The van der Waals surface area contributed by atoms with Crippen LogP contribution in [0.3, 0.4) is 0 Å². The molecule has 0 aliphatic heterocycles. The molecule has 0 heterocycles. The molecule has 0 fully saturated rings. The van der Waals surface area contributed by atoms with E-state index < -0.39 is 0 Å². The van der Waals surface area contributed by atoms with Gasteiger partial charge in [-0.25, -0.2) is 0 Å². The Kier molecular flexibility index (Phi) is 9.07. The molecule has 3 rings (SSSR count). The second-order valence-corrected chi connectivity index (χ2v) is 8.40. The number of hydrogen-bond donors (Lipinski definition) is 2. The summed E-state index contributed by atoms with van der Waals surface area (Å²) in [5.74, 6) is 1.58. The molecule has 5 nitrogen and oxygen atoms in total. The molecule has 32 heavy (non-hydrogen) atoms. The average Bonchev–Trinajstić information content (AvgIpc) is 2.78. The van der Waals surface area contributed by atoms with Gasteiger partial charge in [0.15, 0.2) is 5.11 Å². The van der Waals surface area contributed by atoms with Gasteiger partial charge in [0, 0.05) is 15.7 Å². The summed E-state index contributed by atoms with van der Waals surface area (Å²) in [6, 6.07) is 21.7. The summed E-state index contributed by atoms with van der Waals surface area (Å²) in [4.78, 5) is 0. The van der Waals surface area contributed by atoms with Gasteiger partial charge in [-0.1, -0.05) is 47.1 Å². The van der Waals surface area contributed by atoms with Crippen LogP contribution in [0.15, 0.2) is 76.3 Å². The van der Waals surface area contributed by atoms with Crippen molar-refractivity contribution >= 4 is 45.2 Å². The first-order chi connectivity index (χ1) is 15.5. The molecule has 0 spiro atoms. The molecule has 0 aromatic heterocycles. The lowest BCUT2D eigenvalue weighted by Gasteiger charge is -2.12. The third-order valence-electron chi connectivity index (χ3n) is 4.50. The largest absolute Gasteiger partial charge is 0.490 e. The Morgan fingerprint density at radius 1 is 1.03 bits per heavy atom. The Balaban J connectivity index is 1.53. The summed E-state index contributed by atoms with van der Waals surface area (Å²) in [7, 11) is 0. The highest BCUT2D eigenvalue weighted by Gasteiger charge is 2.04. The zero-order valence-electron chi connectivity index (χ0n) is 18.1. The monoisotopic (exact) mass is 511 g/mol. The van der Waals surface area contributed by atoms with E-state index in [2.05, 4.69) is 57.8 Å². The van der Waals surface area contributed by atoms with Gasteiger partial charge in [-0.3, -0.25) is 5.43 Å². The van der Waals surface area contributed by atoms with Crippen LogP contribution in [0.4, 0.5) is 5.69 Å². The first kappa shape index (κ1) is 23.8. The summed E-state index contributed by atoms with van der Waals surface area (Å²) in [5, 5.41) is 7.71. The molecular formula is C25H26BrN3O2S. The van der Waals surface area contributed by atoms with Crippen LogP contribution in [0, 0.1) is 6.92 Å². The van der Waals surface area contributed by atoms with Crippen molar-refractivity contribution in [3.05, 3.63) is 87.9 Å². The number of hydrazone groups is 1. The summed E-state index contributed by atoms with van der Waals surface area (Å²) in [5.41, 5.74) is 6.99. The number of nitrogens with one attached hydrogen (secondary N) is 2. The number of rotatable bonds is 9. The van der Waals surface area contributed by atoms with Crippen LogP contribution in [0.5, 0.6) is 11.5 Å². The number of anilines is 1. The number of benzene rings is 3. The van der Waals surface area contributed by atoms with Gasteiger partial charge in [0.05, 0.1) is 6.21 Å². The Hall–Kier alpha value is -2.90. The van der Waals surface area contributed by atoms with E-state index in [9.17, 15) is 0 Å². The number of aryl methyl sites for hydroxylation is 2. The molecule has 0 unspecified atom stereocenters. The van der Waals surface area contributed by atoms with Crippen molar-refractivity contribution in [2.45, 2.75) is 20.3 Å². The molecule has 0 amide bonds. The molecule has 3 aromatic rings. The molecule has 0 atom stereocenters. The number of halogens is 1. The first-order valence-electron chi connectivity index (χ1n) is 10.3. The van der Waals surface area contributed by atoms with Gasteiger partial charge < -0.3 is 14.8 Å². The van der Waals surface area contributed by atoms with Gasteiger partial charge in [0.2, 0.25) is 0 Å².